The van der Waals surface area contributed by atoms with E-state index in [9.17, 15) is 9.18 Å². The number of carbonyl (C=O) groups is 1. The predicted octanol–water partition coefficient (Wildman–Crippen LogP) is 0.663. The molecular formula is C12H14FNO3. The molecule has 0 aliphatic carbocycles. The highest BCUT2D eigenvalue weighted by Gasteiger charge is 2.31. The third-order valence-corrected chi connectivity index (χ3v) is 2.97. The molecule has 4 nitrogen and oxygen atoms in total. The number of anilines is 1. The van der Waals surface area contributed by atoms with Crippen LogP contribution in [0.4, 0.5) is 10.1 Å². The number of hydrogen-bond donors (Lipinski definition) is 2. The van der Waals surface area contributed by atoms with E-state index < -0.39 is 5.82 Å². The number of rotatable bonds is 3. The van der Waals surface area contributed by atoms with E-state index in [0.29, 0.717) is 24.2 Å². The minimum absolute atomic E-state index is 0.0438. The first kappa shape index (κ1) is 12.0. The minimum Gasteiger partial charge on any atom is -0.396 e. The second kappa shape index (κ2) is 4.81. The summed E-state index contributed by atoms with van der Waals surface area (Å²) >= 11 is 0. The highest BCUT2D eigenvalue weighted by molar-refractivity contribution is 5.96. The van der Waals surface area contributed by atoms with Gasteiger partial charge >= 0.3 is 0 Å². The number of aliphatic hydroxyl groups is 2. The summed E-state index contributed by atoms with van der Waals surface area (Å²) in [6, 6.07) is 3.96. The lowest BCUT2D eigenvalue weighted by molar-refractivity contribution is -0.117. The van der Waals surface area contributed by atoms with Gasteiger partial charge in [0.15, 0.2) is 0 Å². The summed E-state index contributed by atoms with van der Waals surface area (Å²) in [5, 5.41) is 18.2. The zero-order chi connectivity index (χ0) is 12.4. The van der Waals surface area contributed by atoms with Crippen LogP contribution >= 0.6 is 0 Å². The highest BCUT2D eigenvalue weighted by atomic mass is 19.1. The quantitative estimate of drug-likeness (QED) is 0.814. The van der Waals surface area contributed by atoms with Gasteiger partial charge in [-0.3, -0.25) is 4.79 Å². The Labute approximate surface area is 98.3 Å². The largest absolute Gasteiger partial charge is 0.396 e. The molecule has 1 aliphatic rings. The van der Waals surface area contributed by atoms with E-state index in [1.54, 1.807) is 0 Å². The molecule has 1 aromatic carbocycles. The molecule has 92 valence electrons. The Morgan fingerprint density at radius 1 is 1.41 bits per heavy atom. The maximum atomic E-state index is 13.0. The van der Waals surface area contributed by atoms with Crippen LogP contribution in [-0.4, -0.2) is 29.3 Å². The van der Waals surface area contributed by atoms with E-state index in [0.717, 1.165) is 0 Å². The molecule has 1 amide bonds. The second-order valence-electron chi connectivity index (χ2n) is 4.19. The maximum Gasteiger partial charge on any atom is 0.227 e. The molecule has 2 N–H and O–H groups in total. The summed E-state index contributed by atoms with van der Waals surface area (Å²) in [7, 11) is 0. The lowest BCUT2D eigenvalue weighted by Gasteiger charge is -2.19. The smallest absolute Gasteiger partial charge is 0.227 e. The molecule has 1 aliphatic heterocycles. The summed E-state index contributed by atoms with van der Waals surface area (Å²) in [4.78, 5) is 13.2. The van der Waals surface area contributed by atoms with Crippen LogP contribution in [-0.2, 0) is 11.4 Å². The molecule has 1 saturated heterocycles. The van der Waals surface area contributed by atoms with Crippen LogP contribution in [0, 0.1) is 11.7 Å². The van der Waals surface area contributed by atoms with Crippen molar-refractivity contribution in [2.45, 2.75) is 13.0 Å². The van der Waals surface area contributed by atoms with Crippen LogP contribution in [0.25, 0.3) is 0 Å². The van der Waals surface area contributed by atoms with Gasteiger partial charge in [0.1, 0.15) is 5.82 Å². The van der Waals surface area contributed by atoms with Gasteiger partial charge in [0.05, 0.1) is 6.61 Å². The van der Waals surface area contributed by atoms with Gasteiger partial charge in [-0.1, -0.05) is 0 Å². The average Bonchev–Trinajstić information content (AvgIpc) is 2.70. The normalized spacial score (nSPS) is 20.1. The topological polar surface area (TPSA) is 60.8 Å². The van der Waals surface area contributed by atoms with Crippen molar-refractivity contribution >= 4 is 11.6 Å². The van der Waals surface area contributed by atoms with Crippen molar-refractivity contribution in [3.63, 3.8) is 0 Å². The van der Waals surface area contributed by atoms with Crippen LogP contribution in [0.2, 0.25) is 0 Å². The third-order valence-electron chi connectivity index (χ3n) is 2.97. The van der Waals surface area contributed by atoms with Crippen molar-refractivity contribution in [1.29, 1.82) is 0 Å². The van der Waals surface area contributed by atoms with Crippen molar-refractivity contribution < 1.29 is 19.4 Å². The van der Waals surface area contributed by atoms with Gasteiger partial charge in [-0.25, -0.2) is 4.39 Å². The number of hydrogen-bond acceptors (Lipinski definition) is 3. The molecule has 0 bridgehead atoms. The van der Waals surface area contributed by atoms with Crippen molar-refractivity contribution in [3.8, 4) is 0 Å². The van der Waals surface area contributed by atoms with Crippen LogP contribution in [0.3, 0.4) is 0 Å². The third kappa shape index (κ3) is 2.30. The first-order valence-corrected chi connectivity index (χ1v) is 5.46. The number of nitrogens with zero attached hydrogens (tertiary/aromatic N) is 1. The zero-order valence-corrected chi connectivity index (χ0v) is 9.27. The first-order chi connectivity index (χ1) is 8.15. The minimum atomic E-state index is -0.442. The van der Waals surface area contributed by atoms with Gasteiger partial charge in [-0.2, -0.15) is 0 Å². The van der Waals surface area contributed by atoms with Crippen LogP contribution in [0.5, 0.6) is 0 Å². The average molecular weight is 239 g/mol. The molecule has 2 rings (SSSR count). The maximum absolute atomic E-state index is 13.0. The van der Waals surface area contributed by atoms with Crippen LogP contribution in [0.15, 0.2) is 18.2 Å². The molecule has 1 heterocycles. The SMILES string of the molecule is O=C1CC(CO)CN1c1ccc(F)cc1CO. The Hall–Kier alpha value is -1.46. The molecular weight excluding hydrogens is 225 g/mol. The van der Waals surface area contributed by atoms with Crippen LogP contribution in [0.1, 0.15) is 12.0 Å². The summed E-state index contributed by atoms with van der Waals surface area (Å²) in [5.41, 5.74) is 0.909. The first-order valence-electron chi connectivity index (χ1n) is 5.46. The van der Waals surface area contributed by atoms with E-state index in [1.807, 2.05) is 0 Å². The molecule has 0 radical (unpaired) electrons. The molecule has 0 spiro atoms. The van der Waals surface area contributed by atoms with Crippen molar-refractivity contribution in [2.24, 2.45) is 5.92 Å². The standard InChI is InChI=1S/C12H14FNO3/c13-10-1-2-11(9(4-10)7-16)14-5-8(6-15)3-12(14)17/h1-2,4,8,15-16H,3,5-7H2. The molecule has 1 aromatic rings. The lowest BCUT2D eigenvalue weighted by atomic mass is 10.1. The number of carbonyl (C=O) groups excluding carboxylic acids is 1. The Kier molecular flexibility index (Phi) is 3.40. The molecule has 1 atom stereocenters. The van der Waals surface area contributed by atoms with Crippen LogP contribution < -0.4 is 4.90 Å². The van der Waals surface area contributed by atoms with E-state index in [-0.39, 0.29) is 25.0 Å². The Balaban J connectivity index is 2.31. The molecule has 17 heavy (non-hydrogen) atoms. The molecule has 1 fully saturated rings. The van der Waals surface area contributed by atoms with Gasteiger partial charge < -0.3 is 15.1 Å². The summed E-state index contributed by atoms with van der Waals surface area (Å²) in [5.74, 6) is -0.632. The van der Waals surface area contributed by atoms with E-state index >= 15 is 0 Å². The molecule has 5 heteroatoms. The van der Waals surface area contributed by atoms with E-state index in [1.165, 1.54) is 23.1 Å². The van der Waals surface area contributed by atoms with E-state index in [4.69, 9.17) is 10.2 Å². The lowest BCUT2D eigenvalue weighted by Crippen LogP contribution is -2.26. The number of benzene rings is 1. The van der Waals surface area contributed by atoms with Gasteiger partial charge in [-0.05, 0) is 18.2 Å². The predicted molar refractivity (Wildman–Crippen MR) is 59.9 cm³/mol. The van der Waals surface area contributed by atoms with Gasteiger partial charge in [0, 0.05) is 36.7 Å². The Morgan fingerprint density at radius 2 is 2.18 bits per heavy atom. The van der Waals surface area contributed by atoms with Crippen molar-refractivity contribution in [1.82, 2.24) is 0 Å². The number of aliphatic hydroxyl groups excluding tert-OH is 2. The number of amides is 1. The number of halogens is 1. The Morgan fingerprint density at radius 3 is 2.76 bits per heavy atom. The summed E-state index contributed by atoms with van der Waals surface area (Å²) in [6.07, 6.45) is 0.290. The van der Waals surface area contributed by atoms with Gasteiger partial charge in [0.2, 0.25) is 5.91 Å². The van der Waals surface area contributed by atoms with Gasteiger partial charge in [-0.15, -0.1) is 0 Å². The van der Waals surface area contributed by atoms with E-state index in [2.05, 4.69) is 0 Å². The Bertz CT molecular complexity index is 436. The van der Waals surface area contributed by atoms with Crippen molar-refractivity contribution in [3.05, 3.63) is 29.6 Å². The zero-order valence-electron chi connectivity index (χ0n) is 9.27. The summed E-state index contributed by atoms with van der Waals surface area (Å²) in [6.45, 7) is 0.0481. The molecule has 0 saturated carbocycles. The fourth-order valence-electron chi connectivity index (χ4n) is 2.08. The highest BCUT2D eigenvalue weighted by Crippen LogP contribution is 2.28. The van der Waals surface area contributed by atoms with Crippen molar-refractivity contribution in [2.75, 3.05) is 18.1 Å². The monoisotopic (exact) mass is 239 g/mol. The van der Waals surface area contributed by atoms with Gasteiger partial charge in [0.25, 0.3) is 0 Å². The fourth-order valence-corrected chi connectivity index (χ4v) is 2.08. The molecule has 1 unspecified atom stereocenters. The fraction of sp³-hybridized carbons (Fsp3) is 0.417. The molecule has 0 aromatic heterocycles. The summed E-state index contributed by atoms with van der Waals surface area (Å²) < 4.78 is 13.0. The second-order valence-corrected chi connectivity index (χ2v) is 4.19.